The van der Waals surface area contributed by atoms with Gasteiger partial charge in [-0.1, -0.05) is 6.92 Å². The quantitative estimate of drug-likeness (QED) is 0.681. The molecule has 1 unspecified atom stereocenters. The van der Waals surface area contributed by atoms with Gasteiger partial charge in [0.25, 0.3) is 0 Å². The van der Waals surface area contributed by atoms with Gasteiger partial charge in [-0.05, 0) is 0 Å². The number of carbonyl (C=O) groups is 2. The lowest BCUT2D eigenvalue weighted by Crippen LogP contribution is -2.44. The van der Waals surface area contributed by atoms with Crippen molar-refractivity contribution in [3.05, 3.63) is 0 Å². The second kappa shape index (κ2) is 5.84. The molecular weight excluding hydrogens is 208 g/mol. The van der Waals surface area contributed by atoms with E-state index in [0.717, 1.165) is 0 Å². The van der Waals surface area contributed by atoms with E-state index in [2.05, 4.69) is 0 Å². The van der Waals surface area contributed by atoms with E-state index in [4.69, 9.17) is 4.74 Å². The fourth-order valence-electron chi connectivity index (χ4n) is 1.63. The first-order valence-corrected chi connectivity index (χ1v) is 5.59. The van der Waals surface area contributed by atoms with Crippen molar-refractivity contribution in [3.63, 3.8) is 0 Å². The number of carbonyl (C=O) groups excluding carboxylic acids is 2. The van der Waals surface area contributed by atoms with E-state index in [1.807, 2.05) is 0 Å². The molecule has 0 aromatic rings. The van der Waals surface area contributed by atoms with Crippen LogP contribution in [-0.2, 0) is 14.3 Å². The van der Waals surface area contributed by atoms with Gasteiger partial charge in [-0.25, -0.2) is 0 Å². The Balaban J connectivity index is 2.43. The van der Waals surface area contributed by atoms with Crippen LogP contribution in [0.4, 0.5) is 0 Å². The van der Waals surface area contributed by atoms with Gasteiger partial charge in [-0.3, -0.25) is 9.59 Å². The Morgan fingerprint density at radius 1 is 1.31 bits per heavy atom. The molecule has 1 aliphatic rings. The number of hydrogen-bond acceptors (Lipinski definition) is 3. The van der Waals surface area contributed by atoms with Crippen molar-refractivity contribution < 1.29 is 14.3 Å². The second-order valence-corrected chi connectivity index (χ2v) is 4.33. The van der Waals surface area contributed by atoms with Crippen LogP contribution in [0.1, 0.15) is 13.3 Å². The zero-order valence-electron chi connectivity index (χ0n) is 10.2. The molecule has 1 heterocycles. The first-order valence-electron chi connectivity index (χ1n) is 5.59. The van der Waals surface area contributed by atoms with Crippen molar-refractivity contribution in [2.75, 3.05) is 40.4 Å². The summed E-state index contributed by atoms with van der Waals surface area (Å²) < 4.78 is 5.18. The van der Waals surface area contributed by atoms with E-state index >= 15 is 0 Å². The van der Waals surface area contributed by atoms with E-state index in [-0.39, 0.29) is 24.2 Å². The van der Waals surface area contributed by atoms with Gasteiger partial charge in [-0.2, -0.15) is 0 Å². The number of hydrogen-bond donors (Lipinski definition) is 0. The molecule has 0 bridgehead atoms. The molecule has 92 valence electrons. The Bertz CT molecular complexity index is 260. The van der Waals surface area contributed by atoms with Crippen LogP contribution in [0.5, 0.6) is 0 Å². The Morgan fingerprint density at radius 3 is 2.38 bits per heavy atom. The van der Waals surface area contributed by atoms with Gasteiger partial charge in [0.2, 0.25) is 11.8 Å². The van der Waals surface area contributed by atoms with E-state index in [1.54, 1.807) is 25.9 Å². The standard InChI is InChI=1S/C11H20N2O3/c1-9(8-10(14)12(2)3)11(15)13-4-6-16-7-5-13/h9H,4-8H2,1-3H3. The Kier molecular flexibility index (Phi) is 4.73. The molecule has 1 atom stereocenters. The largest absolute Gasteiger partial charge is 0.378 e. The molecule has 0 N–H and O–H groups in total. The fourth-order valence-corrected chi connectivity index (χ4v) is 1.63. The van der Waals surface area contributed by atoms with Crippen LogP contribution in [0.2, 0.25) is 0 Å². The summed E-state index contributed by atoms with van der Waals surface area (Å²) in [6.45, 7) is 4.28. The van der Waals surface area contributed by atoms with Gasteiger partial charge in [-0.15, -0.1) is 0 Å². The van der Waals surface area contributed by atoms with Crippen molar-refractivity contribution >= 4 is 11.8 Å². The Labute approximate surface area is 96.3 Å². The molecule has 1 saturated heterocycles. The molecule has 0 spiro atoms. The van der Waals surface area contributed by atoms with Gasteiger partial charge in [0, 0.05) is 39.5 Å². The fraction of sp³-hybridized carbons (Fsp3) is 0.818. The van der Waals surface area contributed by atoms with E-state index < -0.39 is 0 Å². The average molecular weight is 228 g/mol. The molecule has 0 radical (unpaired) electrons. The number of rotatable bonds is 3. The lowest BCUT2D eigenvalue weighted by Gasteiger charge is -2.29. The predicted molar refractivity (Wildman–Crippen MR) is 59.9 cm³/mol. The highest BCUT2D eigenvalue weighted by Crippen LogP contribution is 2.10. The average Bonchev–Trinajstić information content (AvgIpc) is 2.28. The third-order valence-electron chi connectivity index (χ3n) is 2.72. The zero-order chi connectivity index (χ0) is 12.1. The minimum atomic E-state index is -0.243. The summed E-state index contributed by atoms with van der Waals surface area (Å²) >= 11 is 0. The van der Waals surface area contributed by atoms with Gasteiger partial charge in [0.05, 0.1) is 13.2 Å². The van der Waals surface area contributed by atoms with Crippen LogP contribution < -0.4 is 0 Å². The molecule has 0 aromatic carbocycles. The maximum Gasteiger partial charge on any atom is 0.226 e. The smallest absolute Gasteiger partial charge is 0.226 e. The first kappa shape index (κ1) is 13.0. The third-order valence-corrected chi connectivity index (χ3v) is 2.72. The normalized spacial score (nSPS) is 18.1. The number of morpholine rings is 1. The van der Waals surface area contributed by atoms with Gasteiger partial charge < -0.3 is 14.5 Å². The zero-order valence-corrected chi connectivity index (χ0v) is 10.2. The van der Waals surface area contributed by atoms with Crippen molar-refractivity contribution in [1.29, 1.82) is 0 Å². The van der Waals surface area contributed by atoms with Crippen LogP contribution in [0.15, 0.2) is 0 Å². The Morgan fingerprint density at radius 2 is 1.88 bits per heavy atom. The third kappa shape index (κ3) is 3.48. The maximum atomic E-state index is 12.0. The highest BCUT2D eigenvalue weighted by molar-refractivity contribution is 5.85. The molecule has 2 amide bonds. The van der Waals surface area contributed by atoms with Crippen molar-refractivity contribution in [2.45, 2.75) is 13.3 Å². The summed E-state index contributed by atoms with van der Waals surface area (Å²) in [4.78, 5) is 26.7. The highest BCUT2D eigenvalue weighted by Gasteiger charge is 2.24. The molecule has 1 aliphatic heterocycles. The van der Waals surface area contributed by atoms with E-state index in [9.17, 15) is 9.59 Å². The number of nitrogens with zero attached hydrogens (tertiary/aromatic N) is 2. The second-order valence-electron chi connectivity index (χ2n) is 4.33. The van der Waals surface area contributed by atoms with Crippen molar-refractivity contribution in [2.24, 2.45) is 5.92 Å². The Hall–Kier alpha value is -1.10. The summed E-state index contributed by atoms with van der Waals surface area (Å²) in [6.07, 6.45) is 0.281. The predicted octanol–water partition coefficient (Wildman–Crippen LogP) is -0.0404. The first-order chi connectivity index (χ1) is 7.52. The minimum absolute atomic E-state index is 0.00545. The molecule has 1 fully saturated rings. The summed E-state index contributed by atoms with van der Waals surface area (Å²) in [5, 5.41) is 0. The summed E-state index contributed by atoms with van der Waals surface area (Å²) in [5.74, 6) is -0.194. The van der Waals surface area contributed by atoms with Crippen LogP contribution in [0, 0.1) is 5.92 Å². The SMILES string of the molecule is CC(CC(=O)N(C)C)C(=O)N1CCOCC1. The molecule has 0 saturated carbocycles. The monoisotopic (exact) mass is 228 g/mol. The van der Waals surface area contributed by atoms with Crippen LogP contribution in [0.3, 0.4) is 0 Å². The summed E-state index contributed by atoms with van der Waals surface area (Å²) in [7, 11) is 3.41. The molecule has 1 rings (SSSR count). The molecule has 5 heteroatoms. The van der Waals surface area contributed by atoms with Crippen LogP contribution >= 0.6 is 0 Å². The number of amides is 2. The van der Waals surface area contributed by atoms with E-state index in [1.165, 1.54) is 4.90 Å². The minimum Gasteiger partial charge on any atom is -0.378 e. The number of ether oxygens (including phenoxy) is 1. The van der Waals surface area contributed by atoms with E-state index in [0.29, 0.717) is 26.3 Å². The highest BCUT2D eigenvalue weighted by atomic mass is 16.5. The molecular formula is C11H20N2O3. The lowest BCUT2D eigenvalue weighted by atomic mass is 10.1. The molecule has 16 heavy (non-hydrogen) atoms. The summed E-state index contributed by atoms with van der Waals surface area (Å²) in [6, 6.07) is 0. The van der Waals surface area contributed by atoms with Crippen LogP contribution in [-0.4, -0.2) is 62.0 Å². The lowest BCUT2D eigenvalue weighted by molar-refractivity contribution is -0.142. The van der Waals surface area contributed by atoms with Gasteiger partial charge in [0.1, 0.15) is 0 Å². The van der Waals surface area contributed by atoms with Crippen LogP contribution in [0.25, 0.3) is 0 Å². The molecule has 5 nitrogen and oxygen atoms in total. The van der Waals surface area contributed by atoms with Gasteiger partial charge >= 0.3 is 0 Å². The maximum absolute atomic E-state index is 12.0. The molecule has 0 aliphatic carbocycles. The van der Waals surface area contributed by atoms with Crippen molar-refractivity contribution in [1.82, 2.24) is 9.80 Å². The van der Waals surface area contributed by atoms with Gasteiger partial charge in [0.15, 0.2) is 0 Å². The summed E-state index contributed by atoms with van der Waals surface area (Å²) in [5.41, 5.74) is 0. The molecule has 0 aromatic heterocycles. The topological polar surface area (TPSA) is 49.9 Å². The van der Waals surface area contributed by atoms with Crippen molar-refractivity contribution in [3.8, 4) is 0 Å².